The second-order valence-electron chi connectivity index (χ2n) is 3.65. The average Bonchev–Trinajstić information content (AvgIpc) is 2.89. The molecule has 0 saturated heterocycles. The van der Waals surface area contributed by atoms with Gasteiger partial charge >= 0.3 is 5.97 Å². The summed E-state index contributed by atoms with van der Waals surface area (Å²) in [5, 5.41) is 23.9. The maximum absolute atomic E-state index is 11.5. The summed E-state index contributed by atoms with van der Waals surface area (Å²) in [6.45, 7) is -0.166. The molecular formula is C11H14N2O5S. The van der Waals surface area contributed by atoms with E-state index < -0.39 is 18.0 Å². The third-order valence-corrected chi connectivity index (χ3v) is 3.05. The maximum atomic E-state index is 11.5. The van der Waals surface area contributed by atoms with Gasteiger partial charge in [-0.2, -0.15) is 0 Å². The maximum Gasteiger partial charge on any atom is 0.332 e. The Morgan fingerprint density at radius 1 is 1.32 bits per heavy atom. The normalized spacial score (nSPS) is 11.6. The monoisotopic (exact) mass is 286 g/mol. The summed E-state index contributed by atoms with van der Waals surface area (Å²) < 4.78 is 0. The Balaban J connectivity index is 2.18. The number of nitrogens with one attached hydrogen (secondary N) is 2. The molecule has 0 aromatic carbocycles. The molecule has 1 rings (SSSR count). The molecule has 0 spiro atoms. The zero-order valence-corrected chi connectivity index (χ0v) is 10.8. The summed E-state index contributed by atoms with van der Waals surface area (Å²) in [5.41, 5.74) is 0. The van der Waals surface area contributed by atoms with Gasteiger partial charge in [-0.3, -0.25) is 9.59 Å². The van der Waals surface area contributed by atoms with Crippen molar-refractivity contribution in [3.05, 3.63) is 22.4 Å². The molecule has 1 heterocycles. The molecule has 0 fully saturated rings. The van der Waals surface area contributed by atoms with Crippen LogP contribution in [0.5, 0.6) is 0 Å². The van der Waals surface area contributed by atoms with Crippen LogP contribution in [0.2, 0.25) is 0 Å². The first kappa shape index (κ1) is 15.1. The molecule has 8 heteroatoms. The van der Waals surface area contributed by atoms with Gasteiger partial charge in [-0.15, -0.1) is 11.3 Å². The lowest BCUT2D eigenvalue weighted by atomic mass is 10.2. The average molecular weight is 286 g/mol. The van der Waals surface area contributed by atoms with Crippen molar-refractivity contribution in [1.82, 2.24) is 10.6 Å². The molecule has 0 aliphatic carbocycles. The molecule has 0 bridgehead atoms. The van der Waals surface area contributed by atoms with Crippen LogP contribution in [-0.4, -0.2) is 47.2 Å². The summed E-state index contributed by atoms with van der Waals surface area (Å²) in [4.78, 5) is 33.6. The van der Waals surface area contributed by atoms with Crippen LogP contribution in [0.4, 0.5) is 0 Å². The Kier molecular flexibility index (Phi) is 5.97. The highest BCUT2D eigenvalue weighted by atomic mass is 32.1. The lowest BCUT2D eigenvalue weighted by Crippen LogP contribution is -2.38. The highest BCUT2D eigenvalue weighted by Gasteiger charge is 2.13. The van der Waals surface area contributed by atoms with E-state index in [-0.39, 0.29) is 25.4 Å². The number of aliphatic carboxylic acids is 1. The third kappa shape index (κ3) is 5.49. The molecule has 104 valence electrons. The summed E-state index contributed by atoms with van der Waals surface area (Å²) in [6, 6.07) is 3.37. The first-order chi connectivity index (χ1) is 9.00. The quantitative estimate of drug-likeness (QED) is 0.536. The van der Waals surface area contributed by atoms with Crippen molar-refractivity contribution in [1.29, 1.82) is 0 Å². The van der Waals surface area contributed by atoms with Crippen molar-refractivity contribution in [3.63, 3.8) is 0 Å². The largest absolute Gasteiger partial charge is 0.479 e. The molecule has 7 nitrogen and oxygen atoms in total. The van der Waals surface area contributed by atoms with E-state index >= 15 is 0 Å². The van der Waals surface area contributed by atoms with Crippen molar-refractivity contribution >= 4 is 29.1 Å². The van der Waals surface area contributed by atoms with Crippen molar-refractivity contribution in [2.45, 2.75) is 12.5 Å². The van der Waals surface area contributed by atoms with E-state index in [0.717, 1.165) is 0 Å². The van der Waals surface area contributed by atoms with Gasteiger partial charge in [0.25, 0.3) is 5.91 Å². The zero-order chi connectivity index (χ0) is 14.3. The van der Waals surface area contributed by atoms with Crippen LogP contribution in [0.25, 0.3) is 0 Å². The zero-order valence-electron chi connectivity index (χ0n) is 9.96. The van der Waals surface area contributed by atoms with Gasteiger partial charge in [-0.25, -0.2) is 4.79 Å². The van der Waals surface area contributed by atoms with Crippen LogP contribution in [0.3, 0.4) is 0 Å². The minimum absolute atomic E-state index is 0.0289. The molecule has 0 saturated carbocycles. The lowest BCUT2D eigenvalue weighted by Gasteiger charge is -2.07. The topological polar surface area (TPSA) is 116 Å². The SMILES string of the molecule is O=C(CNC(=O)c1cccs1)NCC[C@H](O)C(=O)O. The van der Waals surface area contributed by atoms with Gasteiger partial charge in [0.1, 0.15) is 0 Å². The Labute approximate surface area is 113 Å². The number of aliphatic hydroxyl groups is 1. The van der Waals surface area contributed by atoms with E-state index in [1.807, 2.05) is 0 Å². The van der Waals surface area contributed by atoms with Gasteiger partial charge in [-0.05, 0) is 11.4 Å². The fraction of sp³-hybridized carbons (Fsp3) is 0.364. The van der Waals surface area contributed by atoms with Crippen LogP contribution in [0.1, 0.15) is 16.1 Å². The van der Waals surface area contributed by atoms with E-state index in [1.54, 1.807) is 17.5 Å². The molecule has 0 unspecified atom stereocenters. The summed E-state index contributed by atoms with van der Waals surface area (Å²) >= 11 is 1.27. The summed E-state index contributed by atoms with van der Waals surface area (Å²) in [6.07, 6.45) is -1.58. The highest BCUT2D eigenvalue weighted by molar-refractivity contribution is 7.12. The Bertz CT molecular complexity index is 446. The smallest absolute Gasteiger partial charge is 0.332 e. The molecule has 2 amide bonds. The van der Waals surface area contributed by atoms with Gasteiger partial charge in [-0.1, -0.05) is 6.07 Å². The van der Waals surface area contributed by atoms with Gasteiger partial charge in [0.2, 0.25) is 5.91 Å². The number of carboxylic acid groups (broad SMARTS) is 1. The second-order valence-corrected chi connectivity index (χ2v) is 4.60. The molecule has 1 aromatic rings. The fourth-order valence-corrected chi connectivity index (χ4v) is 1.83. The van der Waals surface area contributed by atoms with Crippen LogP contribution in [0, 0.1) is 0 Å². The van der Waals surface area contributed by atoms with E-state index in [2.05, 4.69) is 10.6 Å². The number of rotatable bonds is 7. The van der Waals surface area contributed by atoms with E-state index in [0.29, 0.717) is 4.88 Å². The number of thiophene rings is 1. The summed E-state index contributed by atoms with van der Waals surface area (Å²) in [5.74, 6) is -2.11. The van der Waals surface area contributed by atoms with Crippen LogP contribution >= 0.6 is 11.3 Å². The Morgan fingerprint density at radius 2 is 2.05 bits per heavy atom. The fourth-order valence-electron chi connectivity index (χ4n) is 1.19. The number of aliphatic hydroxyl groups excluding tert-OH is 1. The molecule has 1 atom stereocenters. The minimum Gasteiger partial charge on any atom is -0.479 e. The number of carbonyl (C=O) groups is 3. The lowest BCUT2D eigenvalue weighted by molar-refractivity contribution is -0.147. The molecular weight excluding hydrogens is 272 g/mol. The highest BCUT2D eigenvalue weighted by Crippen LogP contribution is 2.07. The first-order valence-electron chi connectivity index (χ1n) is 5.50. The number of hydrogen-bond donors (Lipinski definition) is 4. The van der Waals surface area contributed by atoms with Crippen molar-refractivity contribution in [2.75, 3.05) is 13.1 Å². The molecule has 4 N–H and O–H groups in total. The minimum atomic E-state index is -1.50. The molecule has 0 aliphatic rings. The van der Waals surface area contributed by atoms with E-state index in [1.165, 1.54) is 11.3 Å². The number of hydrogen-bond acceptors (Lipinski definition) is 5. The summed E-state index contributed by atoms with van der Waals surface area (Å²) in [7, 11) is 0. The Morgan fingerprint density at radius 3 is 2.63 bits per heavy atom. The predicted molar refractivity (Wildman–Crippen MR) is 67.9 cm³/mol. The van der Waals surface area contributed by atoms with Gasteiger partial charge < -0.3 is 20.8 Å². The number of amides is 2. The van der Waals surface area contributed by atoms with Crippen LogP contribution in [-0.2, 0) is 9.59 Å². The standard InChI is InChI=1S/C11H14N2O5S/c14-7(11(17)18)3-4-12-9(15)6-13-10(16)8-2-1-5-19-8/h1-2,5,7,14H,3-4,6H2,(H,12,15)(H,13,16)(H,17,18)/t7-/m0/s1. The van der Waals surface area contributed by atoms with Crippen LogP contribution in [0.15, 0.2) is 17.5 Å². The predicted octanol–water partition coefficient (Wildman–Crippen LogP) is -0.570. The molecule has 0 radical (unpaired) electrons. The third-order valence-electron chi connectivity index (χ3n) is 2.18. The van der Waals surface area contributed by atoms with Gasteiger partial charge in [0, 0.05) is 13.0 Å². The van der Waals surface area contributed by atoms with E-state index in [9.17, 15) is 14.4 Å². The Hall–Kier alpha value is -1.93. The van der Waals surface area contributed by atoms with Crippen molar-refractivity contribution in [2.24, 2.45) is 0 Å². The van der Waals surface area contributed by atoms with Crippen molar-refractivity contribution < 1.29 is 24.6 Å². The van der Waals surface area contributed by atoms with Crippen molar-refractivity contribution in [3.8, 4) is 0 Å². The van der Waals surface area contributed by atoms with Crippen LogP contribution < -0.4 is 10.6 Å². The van der Waals surface area contributed by atoms with Gasteiger partial charge in [0.05, 0.1) is 11.4 Å². The van der Waals surface area contributed by atoms with E-state index in [4.69, 9.17) is 10.2 Å². The molecule has 1 aromatic heterocycles. The molecule has 19 heavy (non-hydrogen) atoms. The number of carboxylic acids is 1. The second kappa shape index (κ2) is 7.49. The number of carbonyl (C=O) groups excluding carboxylic acids is 2. The molecule has 0 aliphatic heterocycles. The first-order valence-corrected chi connectivity index (χ1v) is 6.38. The van der Waals surface area contributed by atoms with Gasteiger partial charge in [0.15, 0.2) is 6.10 Å².